The molecule has 0 atom stereocenters. The normalized spacial score (nSPS) is 10.7. The van der Waals surface area contributed by atoms with Crippen molar-refractivity contribution in [3.8, 4) is 16.9 Å². The highest BCUT2D eigenvalue weighted by Gasteiger charge is 2.17. The number of hydrogen-bond acceptors (Lipinski definition) is 2. The third kappa shape index (κ3) is 2.88. The molecule has 0 saturated carbocycles. The second-order valence-electron chi connectivity index (χ2n) is 5.77. The summed E-state index contributed by atoms with van der Waals surface area (Å²) in [5.74, 6) is -0.992. The fourth-order valence-corrected chi connectivity index (χ4v) is 2.45. The lowest BCUT2D eigenvalue weighted by Crippen LogP contribution is -2.08. The van der Waals surface area contributed by atoms with Gasteiger partial charge in [-0.1, -0.05) is 35.9 Å². The topological polar surface area (TPSA) is 55.1 Å². The molecule has 4 nitrogen and oxygen atoms in total. The molecule has 3 rings (SSSR count). The zero-order valence-electron chi connectivity index (χ0n) is 13.4. The van der Waals surface area contributed by atoms with E-state index in [-0.39, 0.29) is 5.69 Å². The Morgan fingerprint density at radius 1 is 0.957 bits per heavy atom. The summed E-state index contributed by atoms with van der Waals surface area (Å²) in [6.07, 6.45) is 0. The van der Waals surface area contributed by atoms with Gasteiger partial charge in [0, 0.05) is 5.56 Å². The maximum atomic E-state index is 11.6. The minimum Gasteiger partial charge on any atom is -0.477 e. The Hall–Kier alpha value is -2.88. The lowest BCUT2D eigenvalue weighted by molar-refractivity contribution is 0.0687. The van der Waals surface area contributed by atoms with E-state index >= 15 is 0 Å². The Morgan fingerprint density at radius 3 is 2.26 bits per heavy atom. The zero-order chi connectivity index (χ0) is 16.6. The summed E-state index contributed by atoms with van der Waals surface area (Å²) in [7, 11) is 0. The minimum absolute atomic E-state index is 0.156. The fraction of sp³-hybridized carbons (Fsp3) is 0.158. The summed E-state index contributed by atoms with van der Waals surface area (Å²) >= 11 is 0. The van der Waals surface area contributed by atoms with Crippen molar-refractivity contribution >= 4 is 5.97 Å². The molecule has 116 valence electrons. The molecule has 0 saturated heterocycles. The number of aromatic carboxylic acids is 1. The maximum absolute atomic E-state index is 11.6. The van der Waals surface area contributed by atoms with Gasteiger partial charge < -0.3 is 5.11 Å². The van der Waals surface area contributed by atoms with Gasteiger partial charge in [-0.2, -0.15) is 5.10 Å². The number of rotatable bonds is 3. The molecule has 0 unspecified atom stereocenters. The highest BCUT2D eigenvalue weighted by molar-refractivity contribution is 5.88. The standard InChI is InChI=1S/C19H18N2O2/c1-12-4-7-15(8-5-12)17-11-18(19(22)23)21(20-17)16-9-6-13(2)14(3)10-16/h4-11H,1-3H3,(H,22,23). The average Bonchev–Trinajstić information content (AvgIpc) is 2.96. The predicted molar refractivity (Wildman–Crippen MR) is 90.2 cm³/mol. The van der Waals surface area contributed by atoms with Gasteiger partial charge in [0.25, 0.3) is 0 Å². The van der Waals surface area contributed by atoms with Crippen molar-refractivity contribution in [3.63, 3.8) is 0 Å². The number of aromatic nitrogens is 2. The van der Waals surface area contributed by atoms with Gasteiger partial charge in [-0.15, -0.1) is 0 Å². The van der Waals surface area contributed by atoms with Gasteiger partial charge in [-0.25, -0.2) is 9.48 Å². The van der Waals surface area contributed by atoms with Crippen molar-refractivity contribution in [1.29, 1.82) is 0 Å². The first-order valence-electron chi connectivity index (χ1n) is 7.44. The Balaban J connectivity index is 2.14. The number of benzene rings is 2. The van der Waals surface area contributed by atoms with Crippen molar-refractivity contribution in [2.75, 3.05) is 0 Å². The Kier molecular flexibility index (Phi) is 3.74. The molecular weight excluding hydrogens is 288 g/mol. The number of carbonyl (C=O) groups is 1. The first kappa shape index (κ1) is 15.0. The third-order valence-corrected chi connectivity index (χ3v) is 4.01. The van der Waals surface area contributed by atoms with Crippen LogP contribution in [0.3, 0.4) is 0 Å². The van der Waals surface area contributed by atoms with Crippen molar-refractivity contribution in [3.05, 3.63) is 70.9 Å². The molecule has 0 fully saturated rings. The van der Waals surface area contributed by atoms with E-state index in [9.17, 15) is 9.90 Å². The molecule has 4 heteroatoms. The number of nitrogens with zero attached hydrogens (tertiary/aromatic N) is 2. The van der Waals surface area contributed by atoms with Crippen LogP contribution < -0.4 is 0 Å². The molecule has 1 aromatic heterocycles. The molecule has 23 heavy (non-hydrogen) atoms. The highest BCUT2D eigenvalue weighted by Crippen LogP contribution is 2.23. The van der Waals surface area contributed by atoms with E-state index in [1.54, 1.807) is 6.07 Å². The van der Waals surface area contributed by atoms with E-state index in [0.29, 0.717) is 5.69 Å². The van der Waals surface area contributed by atoms with E-state index in [2.05, 4.69) is 5.10 Å². The lowest BCUT2D eigenvalue weighted by Gasteiger charge is -2.07. The van der Waals surface area contributed by atoms with E-state index < -0.39 is 5.97 Å². The summed E-state index contributed by atoms with van der Waals surface area (Å²) in [6.45, 7) is 6.04. The van der Waals surface area contributed by atoms with E-state index in [1.807, 2.05) is 63.2 Å². The summed E-state index contributed by atoms with van der Waals surface area (Å²) in [6, 6.07) is 15.3. The van der Waals surface area contributed by atoms with E-state index in [1.165, 1.54) is 4.68 Å². The van der Waals surface area contributed by atoms with Crippen LogP contribution in [0.15, 0.2) is 48.5 Å². The molecule has 0 spiro atoms. The summed E-state index contributed by atoms with van der Waals surface area (Å²) in [4.78, 5) is 11.6. The molecule has 1 heterocycles. The third-order valence-electron chi connectivity index (χ3n) is 4.01. The Bertz CT molecular complexity index is 877. The summed E-state index contributed by atoms with van der Waals surface area (Å²) in [5.41, 5.74) is 5.89. The number of carboxylic acids is 1. The Labute approximate surface area is 135 Å². The summed E-state index contributed by atoms with van der Waals surface area (Å²) < 4.78 is 1.49. The first-order chi connectivity index (χ1) is 11.0. The van der Waals surface area contributed by atoms with Crippen molar-refractivity contribution in [2.24, 2.45) is 0 Å². The van der Waals surface area contributed by atoms with Crippen LogP contribution in [-0.4, -0.2) is 20.9 Å². The molecule has 0 aliphatic rings. The van der Waals surface area contributed by atoms with Gasteiger partial charge in [0.05, 0.1) is 11.4 Å². The molecule has 2 aromatic carbocycles. The molecule has 0 aliphatic heterocycles. The van der Waals surface area contributed by atoms with Crippen LogP contribution >= 0.6 is 0 Å². The van der Waals surface area contributed by atoms with Gasteiger partial charge >= 0.3 is 5.97 Å². The SMILES string of the molecule is Cc1ccc(-c2cc(C(=O)O)n(-c3ccc(C)c(C)c3)n2)cc1. The Morgan fingerprint density at radius 2 is 1.65 bits per heavy atom. The van der Waals surface area contributed by atoms with Crippen LogP contribution in [0.25, 0.3) is 16.9 Å². The van der Waals surface area contributed by atoms with Gasteiger partial charge in [0.15, 0.2) is 5.69 Å². The zero-order valence-corrected chi connectivity index (χ0v) is 13.4. The fourth-order valence-electron chi connectivity index (χ4n) is 2.45. The molecule has 3 aromatic rings. The van der Waals surface area contributed by atoms with Gasteiger partial charge in [-0.3, -0.25) is 0 Å². The second-order valence-corrected chi connectivity index (χ2v) is 5.77. The van der Waals surface area contributed by atoms with Gasteiger partial charge in [-0.05, 0) is 50.1 Å². The molecule has 0 amide bonds. The van der Waals surface area contributed by atoms with Crippen LogP contribution in [-0.2, 0) is 0 Å². The van der Waals surface area contributed by atoms with Crippen molar-refractivity contribution in [1.82, 2.24) is 9.78 Å². The number of carboxylic acid groups (broad SMARTS) is 1. The van der Waals surface area contributed by atoms with Crippen molar-refractivity contribution in [2.45, 2.75) is 20.8 Å². The second kappa shape index (κ2) is 5.72. The van der Waals surface area contributed by atoms with Crippen LogP contribution in [0, 0.1) is 20.8 Å². The molecule has 0 bridgehead atoms. The van der Waals surface area contributed by atoms with Crippen LogP contribution in [0.2, 0.25) is 0 Å². The van der Waals surface area contributed by atoms with Gasteiger partial charge in [0.1, 0.15) is 0 Å². The minimum atomic E-state index is -0.992. The van der Waals surface area contributed by atoms with E-state index in [4.69, 9.17) is 0 Å². The van der Waals surface area contributed by atoms with Crippen molar-refractivity contribution < 1.29 is 9.90 Å². The quantitative estimate of drug-likeness (QED) is 0.790. The molecular formula is C19H18N2O2. The number of hydrogen-bond donors (Lipinski definition) is 1. The molecule has 1 N–H and O–H groups in total. The van der Waals surface area contributed by atoms with E-state index in [0.717, 1.165) is 27.9 Å². The predicted octanol–water partition coefficient (Wildman–Crippen LogP) is 4.16. The van der Waals surface area contributed by atoms with Gasteiger partial charge in [0.2, 0.25) is 0 Å². The highest BCUT2D eigenvalue weighted by atomic mass is 16.4. The lowest BCUT2D eigenvalue weighted by atomic mass is 10.1. The first-order valence-corrected chi connectivity index (χ1v) is 7.44. The monoisotopic (exact) mass is 306 g/mol. The maximum Gasteiger partial charge on any atom is 0.354 e. The summed E-state index contributed by atoms with van der Waals surface area (Å²) in [5, 5.41) is 14.0. The largest absolute Gasteiger partial charge is 0.477 e. The van der Waals surface area contributed by atoms with Crippen LogP contribution in [0.4, 0.5) is 0 Å². The molecule has 0 radical (unpaired) electrons. The smallest absolute Gasteiger partial charge is 0.354 e. The molecule has 0 aliphatic carbocycles. The average molecular weight is 306 g/mol. The van der Waals surface area contributed by atoms with Crippen LogP contribution in [0.1, 0.15) is 27.2 Å². The number of aryl methyl sites for hydroxylation is 3. The van der Waals surface area contributed by atoms with Crippen LogP contribution in [0.5, 0.6) is 0 Å².